The molecule has 0 aliphatic heterocycles. The van der Waals surface area contributed by atoms with E-state index < -0.39 is 6.10 Å². The van der Waals surface area contributed by atoms with Crippen LogP contribution in [0, 0.1) is 0 Å². The van der Waals surface area contributed by atoms with E-state index in [9.17, 15) is 5.11 Å². The standard InChI is InChI=1S/C13H15BrN2OS/c1-9(17)12-4-3-10(14)5-13(12)16(2)6-11-7-18-8-15-11/h3-5,7-9,17H,6H2,1-2H3. The molecule has 1 heterocycles. The smallest absolute Gasteiger partial charge is 0.0795 e. The van der Waals surface area contributed by atoms with Crippen molar-refractivity contribution in [3.8, 4) is 0 Å². The molecule has 2 aromatic rings. The van der Waals surface area contributed by atoms with Crippen LogP contribution in [0.1, 0.15) is 24.3 Å². The predicted octanol–water partition coefficient (Wildman–Crippen LogP) is 3.60. The third-order valence-electron chi connectivity index (χ3n) is 2.74. The number of halogens is 1. The maximum Gasteiger partial charge on any atom is 0.0795 e. The van der Waals surface area contributed by atoms with Gasteiger partial charge in [0.2, 0.25) is 0 Å². The molecule has 1 atom stereocenters. The second-order valence-corrected chi connectivity index (χ2v) is 5.85. The van der Waals surface area contributed by atoms with E-state index in [0.717, 1.165) is 28.0 Å². The highest BCUT2D eigenvalue weighted by molar-refractivity contribution is 9.10. The molecule has 1 unspecified atom stereocenters. The molecule has 0 aliphatic rings. The largest absolute Gasteiger partial charge is 0.389 e. The summed E-state index contributed by atoms with van der Waals surface area (Å²) >= 11 is 5.06. The number of nitrogens with zero attached hydrogens (tertiary/aromatic N) is 2. The third kappa shape index (κ3) is 3.10. The van der Waals surface area contributed by atoms with Gasteiger partial charge < -0.3 is 10.0 Å². The van der Waals surface area contributed by atoms with E-state index in [2.05, 4.69) is 25.8 Å². The lowest BCUT2D eigenvalue weighted by atomic mass is 10.1. The molecule has 0 saturated carbocycles. The minimum Gasteiger partial charge on any atom is -0.389 e. The van der Waals surface area contributed by atoms with Crippen LogP contribution in [0.5, 0.6) is 0 Å². The molecule has 0 amide bonds. The minimum absolute atomic E-state index is 0.481. The molecule has 5 heteroatoms. The molecule has 96 valence electrons. The zero-order valence-corrected chi connectivity index (χ0v) is 12.7. The molecule has 3 nitrogen and oxygen atoms in total. The van der Waals surface area contributed by atoms with Gasteiger partial charge in [0.15, 0.2) is 0 Å². The highest BCUT2D eigenvalue weighted by atomic mass is 79.9. The Morgan fingerprint density at radius 2 is 2.28 bits per heavy atom. The summed E-state index contributed by atoms with van der Waals surface area (Å²) in [4.78, 5) is 6.38. The van der Waals surface area contributed by atoms with E-state index in [0.29, 0.717) is 0 Å². The molecular formula is C13H15BrN2OS. The molecule has 0 radical (unpaired) electrons. The first-order chi connectivity index (χ1) is 8.58. The van der Waals surface area contributed by atoms with E-state index in [-0.39, 0.29) is 0 Å². The van der Waals surface area contributed by atoms with Gasteiger partial charge in [-0.2, -0.15) is 0 Å². The quantitative estimate of drug-likeness (QED) is 0.932. The first-order valence-corrected chi connectivity index (χ1v) is 7.37. The predicted molar refractivity (Wildman–Crippen MR) is 79.0 cm³/mol. The molecule has 0 aliphatic carbocycles. The molecule has 0 bridgehead atoms. The van der Waals surface area contributed by atoms with Crippen LogP contribution in [-0.4, -0.2) is 17.1 Å². The fraction of sp³-hybridized carbons (Fsp3) is 0.308. The summed E-state index contributed by atoms with van der Waals surface area (Å²) in [6.07, 6.45) is -0.481. The Hall–Kier alpha value is -0.910. The van der Waals surface area contributed by atoms with Gasteiger partial charge in [-0.15, -0.1) is 11.3 Å². The van der Waals surface area contributed by atoms with Gasteiger partial charge in [0.05, 0.1) is 23.9 Å². The Bertz CT molecular complexity index is 514. The van der Waals surface area contributed by atoms with E-state index in [1.165, 1.54) is 0 Å². The SMILES string of the molecule is CC(O)c1ccc(Br)cc1N(C)Cc1cscn1. The number of hydrogen-bond donors (Lipinski definition) is 1. The van der Waals surface area contributed by atoms with Crippen LogP contribution in [0.4, 0.5) is 5.69 Å². The topological polar surface area (TPSA) is 36.4 Å². The third-order valence-corrected chi connectivity index (χ3v) is 3.86. The van der Waals surface area contributed by atoms with Crippen molar-refractivity contribution in [1.82, 2.24) is 4.98 Å². The van der Waals surface area contributed by atoms with Crippen molar-refractivity contribution in [3.63, 3.8) is 0 Å². The van der Waals surface area contributed by atoms with Crippen LogP contribution in [0.15, 0.2) is 33.6 Å². The zero-order valence-electron chi connectivity index (χ0n) is 10.3. The number of aliphatic hydroxyl groups is 1. The summed E-state index contributed by atoms with van der Waals surface area (Å²) in [5.74, 6) is 0. The second kappa shape index (κ2) is 5.82. The summed E-state index contributed by atoms with van der Waals surface area (Å²) in [6, 6.07) is 5.91. The Labute approximate surface area is 119 Å². The molecule has 18 heavy (non-hydrogen) atoms. The number of rotatable bonds is 4. The van der Waals surface area contributed by atoms with Gasteiger partial charge in [-0.3, -0.25) is 0 Å². The summed E-state index contributed by atoms with van der Waals surface area (Å²) < 4.78 is 1.01. The number of anilines is 1. The Balaban J connectivity index is 2.28. The van der Waals surface area contributed by atoms with Crippen LogP contribution in [0.2, 0.25) is 0 Å². The molecule has 0 spiro atoms. The van der Waals surface area contributed by atoms with Gasteiger partial charge in [-0.05, 0) is 19.1 Å². The van der Waals surface area contributed by atoms with Crippen LogP contribution in [0.25, 0.3) is 0 Å². The minimum atomic E-state index is -0.481. The molecule has 1 N–H and O–H groups in total. The summed E-state index contributed by atoms with van der Waals surface area (Å²) in [6.45, 7) is 2.52. The van der Waals surface area contributed by atoms with Crippen molar-refractivity contribution in [2.45, 2.75) is 19.6 Å². The molecular weight excluding hydrogens is 312 g/mol. The highest BCUT2D eigenvalue weighted by Crippen LogP contribution is 2.29. The maximum absolute atomic E-state index is 9.81. The Morgan fingerprint density at radius 1 is 1.50 bits per heavy atom. The molecule has 0 fully saturated rings. The first-order valence-electron chi connectivity index (χ1n) is 5.63. The fourth-order valence-electron chi connectivity index (χ4n) is 1.84. The van der Waals surface area contributed by atoms with E-state index in [4.69, 9.17) is 0 Å². The fourth-order valence-corrected chi connectivity index (χ4v) is 2.74. The summed E-state index contributed by atoms with van der Waals surface area (Å²) in [5.41, 5.74) is 4.82. The van der Waals surface area contributed by atoms with E-state index >= 15 is 0 Å². The summed E-state index contributed by atoms with van der Waals surface area (Å²) in [5, 5.41) is 11.9. The van der Waals surface area contributed by atoms with E-state index in [1.807, 2.05) is 36.1 Å². The van der Waals surface area contributed by atoms with Gasteiger partial charge in [-0.25, -0.2) is 4.98 Å². The van der Waals surface area contributed by atoms with Crippen molar-refractivity contribution >= 4 is 33.0 Å². The van der Waals surface area contributed by atoms with Crippen molar-refractivity contribution in [2.75, 3.05) is 11.9 Å². The highest BCUT2D eigenvalue weighted by Gasteiger charge is 2.13. The van der Waals surface area contributed by atoms with Crippen molar-refractivity contribution in [1.29, 1.82) is 0 Å². The van der Waals surface area contributed by atoms with Crippen molar-refractivity contribution < 1.29 is 5.11 Å². The second-order valence-electron chi connectivity index (χ2n) is 4.21. The lowest BCUT2D eigenvalue weighted by Crippen LogP contribution is -2.18. The average molecular weight is 327 g/mol. The number of benzene rings is 1. The number of aliphatic hydroxyl groups excluding tert-OH is 1. The molecule has 1 aromatic heterocycles. The van der Waals surface area contributed by atoms with Crippen LogP contribution < -0.4 is 4.90 Å². The monoisotopic (exact) mass is 326 g/mol. The van der Waals surface area contributed by atoms with Crippen molar-refractivity contribution in [3.05, 3.63) is 44.8 Å². The number of hydrogen-bond acceptors (Lipinski definition) is 4. The Morgan fingerprint density at radius 3 is 2.89 bits per heavy atom. The van der Waals surface area contributed by atoms with Gasteiger partial charge >= 0.3 is 0 Å². The lowest BCUT2D eigenvalue weighted by Gasteiger charge is -2.23. The number of aromatic nitrogens is 1. The maximum atomic E-state index is 9.81. The van der Waals surface area contributed by atoms with E-state index in [1.54, 1.807) is 18.3 Å². The zero-order chi connectivity index (χ0) is 13.1. The van der Waals surface area contributed by atoms with Crippen molar-refractivity contribution in [2.24, 2.45) is 0 Å². The molecule has 1 aromatic carbocycles. The van der Waals surface area contributed by atoms with Crippen LogP contribution in [0.3, 0.4) is 0 Å². The molecule has 0 saturated heterocycles. The van der Waals surface area contributed by atoms with Crippen LogP contribution >= 0.6 is 27.3 Å². The average Bonchev–Trinajstić information content (AvgIpc) is 2.81. The normalized spacial score (nSPS) is 12.4. The van der Waals surface area contributed by atoms with Gasteiger partial charge in [-0.1, -0.05) is 22.0 Å². The first kappa shape index (κ1) is 13.5. The summed E-state index contributed by atoms with van der Waals surface area (Å²) in [7, 11) is 2.01. The Kier molecular flexibility index (Phi) is 4.37. The van der Waals surface area contributed by atoms with Crippen LogP contribution in [-0.2, 0) is 6.54 Å². The van der Waals surface area contributed by atoms with Gasteiger partial charge in [0.25, 0.3) is 0 Å². The number of thiazole rings is 1. The van der Waals surface area contributed by atoms with Gasteiger partial charge in [0.1, 0.15) is 0 Å². The molecule has 2 rings (SSSR count). The van der Waals surface area contributed by atoms with Gasteiger partial charge in [0, 0.05) is 28.2 Å². The lowest BCUT2D eigenvalue weighted by molar-refractivity contribution is 0.199.